The summed E-state index contributed by atoms with van der Waals surface area (Å²) in [4.78, 5) is 0. The van der Waals surface area contributed by atoms with Crippen LogP contribution in [-0.4, -0.2) is 25.3 Å². The van der Waals surface area contributed by atoms with E-state index in [9.17, 15) is 0 Å². The van der Waals surface area contributed by atoms with Crippen molar-refractivity contribution in [2.45, 2.75) is 83.9 Å². The van der Waals surface area contributed by atoms with Gasteiger partial charge in [-0.3, -0.25) is 0 Å². The van der Waals surface area contributed by atoms with Crippen molar-refractivity contribution in [1.29, 1.82) is 0 Å². The van der Waals surface area contributed by atoms with Crippen molar-refractivity contribution in [3.8, 4) is 0 Å². The molecule has 2 aliphatic rings. The van der Waals surface area contributed by atoms with Gasteiger partial charge in [0.1, 0.15) is 0 Å². The Kier molecular flexibility index (Phi) is 4.71. The molecule has 0 radical (unpaired) electrons. The van der Waals surface area contributed by atoms with Crippen LogP contribution in [0.2, 0.25) is 0 Å². The molecule has 1 N–H and O–H groups in total. The zero-order chi connectivity index (χ0) is 13.2. The largest absolute Gasteiger partial charge is 0.381 e. The van der Waals surface area contributed by atoms with Crippen molar-refractivity contribution in [2.75, 3.05) is 7.11 Å². The van der Waals surface area contributed by atoms with Gasteiger partial charge in [0.15, 0.2) is 0 Å². The minimum atomic E-state index is 0.442. The zero-order valence-electron chi connectivity index (χ0n) is 12.7. The normalized spacial score (nSPS) is 38.0. The number of methoxy groups -OCH3 is 1. The number of ether oxygens (including phenoxy) is 1. The minimum Gasteiger partial charge on any atom is -0.381 e. The average molecular weight is 253 g/mol. The highest BCUT2D eigenvalue weighted by Crippen LogP contribution is 2.38. The molecule has 0 bridgehead atoms. The minimum absolute atomic E-state index is 0.442. The second-order valence-corrected chi connectivity index (χ2v) is 7.40. The molecule has 2 nitrogen and oxygen atoms in total. The van der Waals surface area contributed by atoms with Crippen molar-refractivity contribution < 1.29 is 4.74 Å². The summed E-state index contributed by atoms with van der Waals surface area (Å²) in [5.74, 6) is 0.841. The predicted molar refractivity (Wildman–Crippen MR) is 76.8 cm³/mol. The fraction of sp³-hybridized carbons (Fsp3) is 1.00. The number of rotatable bonds is 3. The van der Waals surface area contributed by atoms with E-state index in [2.05, 4.69) is 26.1 Å². The molecule has 0 aromatic rings. The van der Waals surface area contributed by atoms with E-state index in [4.69, 9.17) is 4.74 Å². The second kappa shape index (κ2) is 5.92. The van der Waals surface area contributed by atoms with Gasteiger partial charge < -0.3 is 10.1 Å². The Labute approximate surface area is 113 Å². The molecule has 0 aromatic heterocycles. The Bertz CT molecular complexity index is 258. The van der Waals surface area contributed by atoms with Crippen LogP contribution in [0.4, 0.5) is 0 Å². The fourth-order valence-corrected chi connectivity index (χ4v) is 3.98. The summed E-state index contributed by atoms with van der Waals surface area (Å²) in [5.41, 5.74) is 0.442. The summed E-state index contributed by atoms with van der Waals surface area (Å²) in [7, 11) is 1.85. The highest BCUT2D eigenvalue weighted by molar-refractivity contribution is 4.92. The number of hydrogen-bond acceptors (Lipinski definition) is 2. The van der Waals surface area contributed by atoms with Crippen LogP contribution in [0.25, 0.3) is 0 Å². The van der Waals surface area contributed by atoms with E-state index < -0.39 is 0 Å². The van der Waals surface area contributed by atoms with Crippen LogP contribution in [0.5, 0.6) is 0 Å². The summed E-state index contributed by atoms with van der Waals surface area (Å²) >= 11 is 0. The Morgan fingerprint density at radius 1 is 1.00 bits per heavy atom. The molecule has 106 valence electrons. The molecule has 2 heteroatoms. The van der Waals surface area contributed by atoms with Crippen molar-refractivity contribution in [1.82, 2.24) is 5.32 Å². The van der Waals surface area contributed by atoms with Gasteiger partial charge in [-0.15, -0.1) is 0 Å². The Balaban J connectivity index is 1.90. The van der Waals surface area contributed by atoms with Crippen molar-refractivity contribution >= 4 is 0 Å². The maximum Gasteiger partial charge on any atom is 0.0586 e. The molecule has 0 aromatic carbocycles. The van der Waals surface area contributed by atoms with Gasteiger partial charge in [0, 0.05) is 19.2 Å². The van der Waals surface area contributed by atoms with Gasteiger partial charge in [0.05, 0.1) is 6.10 Å². The lowest BCUT2D eigenvalue weighted by atomic mass is 9.69. The topological polar surface area (TPSA) is 21.3 Å². The SMILES string of the molecule is COC1CCC(NC2CCCCC2C(C)(C)C)C1. The molecule has 2 aliphatic carbocycles. The van der Waals surface area contributed by atoms with Gasteiger partial charge in [-0.25, -0.2) is 0 Å². The Hall–Kier alpha value is -0.0800. The van der Waals surface area contributed by atoms with Gasteiger partial charge in [-0.2, -0.15) is 0 Å². The molecule has 4 atom stereocenters. The van der Waals surface area contributed by atoms with Crippen LogP contribution in [0.3, 0.4) is 0 Å². The van der Waals surface area contributed by atoms with Gasteiger partial charge in [-0.05, 0) is 43.4 Å². The van der Waals surface area contributed by atoms with Gasteiger partial charge in [-0.1, -0.05) is 33.6 Å². The summed E-state index contributed by atoms with van der Waals surface area (Å²) in [6, 6.07) is 1.43. The van der Waals surface area contributed by atoms with Crippen molar-refractivity contribution in [3.05, 3.63) is 0 Å². The first kappa shape index (κ1) is 14.3. The molecular formula is C16H31NO. The lowest BCUT2D eigenvalue weighted by Crippen LogP contribution is -2.47. The Morgan fingerprint density at radius 3 is 2.33 bits per heavy atom. The maximum absolute atomic E-state index is 5.48. The smallest absolute Gasteiger partial charge is 0.0586 e. The third-order valence-electron chi connectivity index (χ3n) is 5.05. The molecule has 0 aliphatic heterocycles. The first-order valence-corrected chi connectivity index (χ1v) is 7.79. The van der Waals surface area contributed by atoms with Crippen LogP contribution in [0, 0.1) is 11.3 Å². The molecule has 4 unspecified atom stereocenters. The summed E-state index contributed by atoms with van der Waals surface area (Å²) < 4.78 is 5.48. The fourth-order valence-electron chi connectivity index (χ4n) is 3.98. The lowest BCUT2D eigenvalue weighted by molar-refractivity contribution is 0.0993. The van der Waals surface area contributed by atoms with Crippen molar-refractivity contribution in [3.63, 3.8) is 0 Å². The van der Waals surface area contributed by atoms with E-state index in [1.54, 1.807) is 0 Å². The second-order valence-electron chi connectivity index (χ2n) is 7.40. The van der Waals surface area contributed by atoms with Crippen molar-refractivity contribution in [2.24, 2.45) is 11.3 Å². The van der Waals surface area contributed by atoms with E-state index in [1.165, 1.54) is 44.9 Å². The van der Waals surface area contributed by atoms with E-state index in [0.29, 0.717) is 17.6 Å². The monoisotopic (exact) mass is 253 g/mol. The predicted octanol–water partition coefficient (Wildman–Crippen LogP) is 3.75. The first-order chi connectivity index (χ1) is 8.50. The molecule has 0 heterocycles. The molecule has 0 saturated heterocycles. The molecule has 0 amide bonds. The maximum atomic E-state index is 5.48. The molecule has 2 rings (SSSR count). The molecule has 2 saturated carbocycles. The van der Waals surface area contributed by atoms with Crippen LogP contribution in [0.15, 0.2) is 0 Å². The van der Waals surface area contributed by atoms with E-state index >= 15 is 0 Å². The van der Waals surface area contributed by atoms with Crippen LogP contribution in [-0.2, 0) is 4.74 Å². The standard InChI is InChI=1S/C16H31NO/c1-16(2,3)14-7-5-6-8-15(14)17-12-9-10-13(11-12)18-4/h12-15,17H,5-11H2,1-4H3. The average Bonchev–Trinajstić information content (AvgIpc) is 2.76. The van der Waals surface area contributed by atoms with E-state index in [0.717, 1.165) is 12.0 Å². The van der Waals surface area contributed by atoms with E-state index in [-0.39, 0.29) is 0 Å². The number of hydrogen-bond donors (Lipinski definition) is 1. The quantitative estimate of drug-likeness (QED) is 0.827. The van der Waals surface area contributed by atoms with Gasteiger partial charge >= 0.3 is 0 Å². The van der Waals surface area contributed by atoms with Crippen LogP contribution < -0.4 is 5.32 Å². The van der Waals surface area contributed by atoms with Gasteiger partial charge in [0.25, 0.3) is 0 Å². The highest BCUT2D eigenvalue weighted by atomic mass is 16.5. The Morgan fingerprint density at radius 2 is 1.72 bits per heavy atom. The molecule has 0 spiro atoms. The first-order valence-electron chi connectivity index (χ1n) is 7.79. The number of nitrogens with one attached hydrogen (secondary N) is 1. The summed E-state index contributed by atoms with van der Waals surface area (Å²) in [6.07, 6.45) is 9.85. The van der Waals surface area contributed by atoms with Crippen LogP contribution >= 0.6 is 0 Å². The third kappa shape index (κ3) is 3.48. The molecular weight excluding hydrogens is 222 g/mol. The summed E-state index contributed by atoms with van der Waals surface area (Å²) in [6.45, 7) is 7.22. The molecule has 18 heavy (non-hydrogen) atoms. The zero-order valence-corrected chi connectivity index (χ0v) is 12.7. The van der Waals surface area contributed by atoms with E-state index in [1.807, 2.05) is 7.11 Å². The lowest BCUT2D eigenvalue weighted by Gasteiger charge is -2.42. The third-order valence-corrected chi connectivity index (χ3v) is 5.05. The van der Waals surface area contributed by atoms with Gasteiger partial charge in [0.2, 0.25) is 0 Å². The van der Waals surface area contributed by atoms with Crippen LogP contribution in [0.1, 0.15) is 65.7 Å². The molecule has 2 fully saturated rings. The summed E-state index contributed by atoms with van der Waals surface area (Å²) in [5, 5.41) is 3.96. The highest BCUT2D eigenvalue weighted by Gasteiger charge is 2.36.